The molecule has 0 bridgehead atoms. The maximum absolute atomic E-state index is 8.38. The molecule has 0 spiro atoms. The van der Waals surface area contributed by atoms with Gasteiger partial charge in [-0.3, -0.25) is 0 Å². The average Bonchev–Trinajstić information content (AvgIpc) is 1.00. The zero-order valence-electron chi connectivity index (χ0n) is 1.82. The van der Waals surface area contributed by atoms with E-state index in [9.17, 15) is 0 Å². The van der Waals surface area contributed by atoms with Crippen LogP contribution in [0.25, 0.3) is 0 Å². The molecule has 0 unspecified atom stereocenters. The third-order valence-corrected chi connectivity index (χ3v) is 0. The van der Waals surface area contributed by atoms with E-state index in [4.69, 9.17) is 3.54 Å². The molecule has 0 radical (unpaired) electrons. The second kappa shape index (κ2) is 20.9. The molecule has 0 rings (SSSR count). The van der Waals surface area contributed by atoms with Gasteiger partial charge in [-0.25, -0.2) is 0 Å². The van der Waals surface area contributed by atoms with Crippen LogP contribution < -0.4 is 0 Å². The van der Waals surface area contributed by atoms with Crippen LogP contribution in [0.3, 0.4) is 0 Å². The largest absolute Gasteiger partial charge is 0 e. The smallest absolute Gasteiger partial charge is 0 e. The third-order valence-electron chi connectivity index (χ3n) is 0. The van der Waals surface area contributed by atoms with E-state index in [0.29, 0.717) is 0 Å². The van der Waals surface area contributed by atoms with E-state index < -0.39 is 0 Å². The second-order valence-corrected chi connectivity index (χ2v) is 0. The Kier molecular flexibility index (Phi) is 88.6. The van der Waals surface area contributed by atoms with Crippen molar-refractivity contribution in [1.82, 2.24) is 0 Å². The number of rotatable bonds is 0. The van der Waals surface area contributed by atoms with Gasteiger partial charge in [-0.05, 0) is 0 Å². The van der Waals surface area contributed by atoms with Gasteiger partial charge < -0.3 is 0 Å². The summed E-state index contributed by atoms with van der Waals surface area (Å²) in [5, 5.41) is 0. The fraction of sp³-hybridized carbons (Fsp3) is 0. The van der Waals surface area contributed by atoms with Crippen molar-refractivity contribution < 1.29 is 23.0 Å². The molecule has 0 saturated carbocycles. The first-order valence-electron chi connectivity index (χ1n) is 0.289. The van der Waals surface area contributed by atoms with Crippen LogP contribution in [-0.2, 0) is 23.0 Å². The second-order valence-electron chi connectivity index (χ2n) is 0. The van der Waals surface area contributed by atoms with Gasteiger partial charge in [0.1, 0.15) is 0 Å². The summed E-state index contributed by atoms with van der Waals surface area (Å²) < 4.78 is 8.38. The van der Waals surface area contributed by atoms with Gasteiger partial charge in [0.05, 0.1) is 0 Å². The third kappa shape index (κ3) is 9.13. The molecule has 0 aliphatic carbocycles. The van der Waals surface area contributed by atoms with E-state index in [1.165, 1.54) is 0 Å². The van der Waals surface area contributed by atoms with E-state index in [1.807, 2.05) is 0 Å². The molecule has 0 aromatic heterocycles. The van der Waals surface area contributed by atoms with Crippen LogP contribution in [-0.4, -0.2) is 42.5 Å². The topological polar surface area (TPSA) is 17.1 Å². The van der Waals surface area contributed by atoms with E-state index in [2.05, 4.69) is 0 Å². The molecule has 0 heterocycles. The van der Waals surface area contributed by atoms with Gasteiger partial charge in [0, 0.05) is 19.5 Å². The van der Waals surface area contributed by atoms with Gasteiger partial charge in [0.25, 0.3) is 0 Å². The predicted molar refractivity (Wildman–Crippen MR) is 19.2 cm³/mol. The summed E-state index contributed by atoms with van der Waals surface area (Å²) in [6, 6.07) is 0. The Labute approximate surface area is 64.8 Å². The number of hydrogen-bond donors (Lipinski definition) is 0. The van der Waals surface area contributed by atoms with Gasteiger partial charge in [0.15, 0.2) is 0 Å². The zero-order chi connectivity index (χ0) is 2.00. The molecular formula is H5GaOSnZn. The standard InChI is InChI=1S/Ga.O.Sn.Zn.5H. The maximum Gasteiger partial charge on any atom is 0 e. The molecule has 0 aliphatic rings. The Hall–Kier alpha value is 1.86. The quantitative estimate of drug-likeness (QED) is 0.458. The van der Waals surface area contributed by atoms with Crippen LogP contribution >= 0.6 is 0 Å². The Morgan fingerprint density at radius 2 is 1.25 bits per heavy atom. The van der Waals surface area contributed by atoms with Crippen LogP contribution in [0.5, 0.6) is 0 Å². The number of hydrogen-bond acceptors (Lipinski definition) is 1. The fourth-order valence-electron chi connectivity index (χ4n) is 0. The first-order valence-corrected chi connectivity index (χ1v) is 1.50. The molecule has 0 aromatic carbocycles. The van der Waals surface area contributed by atoms with Crippen molar-refractivity contribution in [2.24, 2.45) is 0 Å². The van der Waals surface area contributed by atoms with Crippen LogP contribution in [0.15, 0.2) is 0 Å². The van der Waals surface area contributed by atoms with Crippen molar-refractivity contribution in [2.75, 3.05) is 0 Å². The Morgan fingerprint density at radius 1 is 1.25 bits per heavy atom. The monoisotopic (exact) mass is 274 g/mol. The van der Waals surface area contributed by atoms with Crippen molar-refractivity contribution in [2.45, 2.75) is 0 Å². The molecule has 0 aliphatic heterocycles. The zero-order valence-corrected chi connectivity index (χ0v) is 7.76. The van der Waals surface area contributed by atoms with Crippen molar-refractivity contribution in [1.29, 1.82) is 0 Å². The molecule has 4 heteroatoms. The van der Waals surface area contributed by atoms with E-state index >= 15 is 0 Å². The molecule has 0 aromatic rings. The molecule has 0 amide bonds. The molecule has 20 valence electrons. The Balaban J connectivity index is -0.00000000500. The summed E-state index contributed by atoms with van der Waals surface area (Å²) >= 11 is 0.125. The summed E-state index contributed by atoms with van der Waals surface area (Å²) in [6.45, 7) is 0. The minimum absolute atomic E-state index is 0. The van der Waals surface area contributed by atoms with Crippen LogP contribution in [0, 0.1) is 0 Å². The normalized spacial score (nSPS) is 0.750. The Morgan fingerprint density at radius 3 is 1.25 bits per heavy atom. The van der Waals surface area contributed by atoms with Gasteiger partial charge in [-0.15, -0.1) is 0 Å². The summed E-state index contributed by atoms with van der Waals surface area (Å²) in [5.41, 5.74) is 0. The predicted octanol–water partition coefficient (Wildman–Crippen LogP) is -2.22. The molecule has 0 N–H and O–H groups in total. The van der Waals surface area contributed by atoms with Gasteiger partial charge in [-0.2, -0.15) is 0 Å². The first-order chi connectivity index (χ1) is 1.00. The summed E-state index contributed by atoms with van der Waals surface area (Å²) in [7, 11) is 0. The van der Waals surface area contributed by atoms with Crippen molar-refractivity contribution >= 4 is 42.5 Å². The molecule has 0 atom stereocenters. The van der Waals surface area contributed by atoms with E-state index in [0.717, 1.165) is 0 Å². The Bertz CT molecular complexity index is 8.00. The van der Waals surface area contributed by atoms with Crippen molar-refractivity contribution in [3.63, 3.8) is 0 Å². The summed E-state index contributed by atoms with van der Waals surface area (Å²) in [4.78, 5) is 0. The van der Waals surface area contributed by atoms with Crippen LogP contribution in [0.1, 0.15) is 0 Å². The molecule has 4 heavy (non-hydrogen) atoms. The first kappa shape index (κ1) is 16.9. The summed E-state index contributed by atoms with van der Waals surface area (Å²) in [5.74, 6) is 0. The van der Waals surface area contributed by atoms with E-state index in [1.54, 1.807) is 0 Å². The molecule has 1 nitrogen and oxygen atoms in total. The van der Waals surface area contributed by atoms with Crippen LogP contribution in [0.2, 0.25) is 0 Å². The minimum Gasteiger partial charge on any atom is 0 e. The van der Waals surface area contributed by atoms with Gasteiger partial charge in [-0.1, -0.05) is 0 Å². The van der Waals surface area contributed by atoms with Crippen LogP contribution in [0.4, 0.5) is 0 Å². The fourth-order valence-corrected chi connectivity index (χ4v) is 0. The molecular weight excluding hydrogens is 270 g/mol. The van der Waals surface area contributed by atoms with Gasteiger partial charge in [0.2, 0.25) is 0 Å². The van der Waals surface area contributed by atoms with Crippen molar-refractivity contribution in [3.05, 3.63) is 0 Å². The van der Waals surface area contributed by atoms with Gasteiger partial charge >= 0.3 is 46.0 Å². The average molecular weight is 275 g/mol. The SMILES string of the molecule is [O]=[GaH].[SnH4].[Zn]. The summed E-state index contributed by atoms with van der Waals surface area (Å²) in [6.07, 6.45) is 0. The van der Waals surface area contributed by atoms with Crippen molar-refractivity contribution in [3.8, 4) is 0 Å². The minimum atomic E-state index is 0. The maximum atomic E-state index is 8.38. The molecule has 0 fully saturated rings. The van der Waals surface area contributed by atoms with E-state index in [-0.39, 0.29) is 61.9 Å². The molecule has 0 saturated heterocycles.